The Morgan fingerprint density at radius 2 is 1.80 bits per heavy atom. The van der Waals surface area contributed by atoms with Gasteiger partial charge in [0.1, 0.15) is 5.69 Å². The average Bonchev–Trinajstić information content (AvgIpc) is 3.10. The first-order valence-corrected chi connectivity index (χ1v) is 10.6. The third-order valence-electron chi connectivity index (χ3n) is 6.75. The fourth-order valence-electron chi connectivity index (χ4n) is 5.33. The highest BCUT2D eigenvalue weighted by atomic mass is 19.4. The molecule has 3 aliphatic rings. The van der Waals surface area contributed by atoms with Crippen LogP contribution in [0.15, 0.2) is 18.3 Å². The Balaban J connectivity index is 1.37. The van der Waals surface area contributed by atoms with Gasteiger partial charge in [-0.25, -0.2) is 9.97 Å². The van der Waals surface area contributed by atoms with E-state index in [2.05, 4.69) is 33.8 Å². The molecular weight excluding hydrogens is 395 g/mol. The van der Waals surface area contributed by atoms with Crippen LogP contribution < -0.4 is 0 Å². The van der Waals surface area contributed by atoms with E-state index in [-0.39, 0.29) is 11.7 Å². The lowest BCUT2D eigenvalue weighted by Crippen LogP contribution is -2.43. The summed E-state index contributed by atoms with van der Waals surface area (Å²) in [5.41, 5.74) is 1.83. The zero-order chi connectivity index (χ0) is 21.0. The van der Waals surface area contributed by atoms with Crippen LogP contribution in [0.2, 0.25) is 0 Å². The van der Waals surface area contributed by atoms with E-state index in [1.807, 2.05) is 10.7 Å². The predicted molar refractivity (Wildman–Crippen MR) is 104 cm³/mol. The van der Waals surface area contributed by atoms with Gasteiger partial charge in [-0.2, -0.15) is 18.3 Å². The number of rotatable bonds is 4. The molecule has 4 atom stereocenters. The number of morpholine rings is 1. The van der Waals surface area contributed by atoms with Crippen molar-refractivity contribution in [2.75, 3.05) is 26.3 Å². The van der Waals surface area contributed by atoms with Gasteiger partial charge in [0.25, 0.3) is 0 Å². The third kappa shape index (κ3) is 3.51. The van der Waals surface area contributed by atoms with E-state index in [1.54, 1.807) is 0 Å². The minimum absolute atomic E-state index is 0.133. The largest absolute Gasteiger partial charge is 0.451 e. The second-order valence-electron chi connectivity index (χ2n) is 8.88. The van der Waals surface area contributed by atoms with Crippen molar-refractivity contribution in [2.45, 2.75) is 50.9 Å². The predicted octanol–water partition coefficient (Wildman–Crippen LogP) is 3.76. The Morgan fingerprint density at radius 3 is 2.43 bits per heavy atom. The zero-order valence-corrected chi connectivity index (χ0v) is 17.1. The Bertz CT molecular complexity index is 910. The molecule has 30 heavy (non-hydrogen) atoms. The summed E-state index contributed by atoms with van der Waals surface area (Å²) in [6, 6.07) is 4.20. The van der Waals surface area contributed by atoms with Gasteiger partial charge in [0.15, 0.2) is 0 Å². The maximum absolute atomic E-state index is 13.0. The molecule has 0 radical (unpaired) electrons. The smallest absolute Gasteiger partial charge is 0.379 e. The highest BCUT2D eigenvalue weighted by molar-refractivity contribution is 5.55. The van der Waals surface area contributed by atoms with Crippen molar-refractivity contribution < 1.29 is 17.9 Å². The van der Waals surface area contributed by atoms with Gasteiger partial charge in [-0.1, -0.05) is 0 Å². The molecule has 3 fully saturated rings. The molecule has 2 aliphatic carbocycles. The lowest BCUT2D eigenvalue weighted by molar-refractivity contribution is -0.144. The first-order valence-electron chi connectivity index (χ1n) is 10.6. The Labute approximate surface area is 173 Å². The van der Waals surface area contributed by atoms with E-state index in [1.165, 1.54) is 18.9 Å². The Kier molecular flexibility index (Phi) is 4.85. The number of nitrogens with zero attached hydrogens (tertiary/aromatic N) is 5. The minimum atomic E-state index is -4.57. The molecule has 3 heterocycles. The molecule has 0 N–H and O–H groups in total. The number of fused-ring (bicyclic) bond motifs is 1. The maximum Gasteiger partial charge on any atom is 0.451 e. The van der Waals surface area contributed by atoms with Crippen LogP contribution in [0.25, 0.3) is 11.4 Å². The van der Waals surface area contributed by atoms with Crippen molar-refractivity contribution >= 4 is 0 Å². The summed E-state index contributed by atoms with van der Waals surface area (Å²) >= 11 is 0. The van der Waals surface area contributed by atoms with Crippen molar-refractivity contribution in [3.8, 4) is 11.4 Å². The van der Waals surface area contributed by atoms with E-state index in [0.29, 0.717) is 29.5 Å². The highest BCUT2D eigenvalue weighted by Gasteiger charge is 2.58. The molecule has 2 aromatic rings. The van der Waals surface area contributed by atoms with Crippen molar-refractivity contribution in [2.24, 2.45) is 11.8 Å². The van der Waals surface area contributed by atoms with E-state index in [0.717, 1.165) is 38.2 Å². The summed E-state index contributed by atoms with van der Waals surface area (Å²) in [5, 5.41) is 4.63. The van der Waals surface area contributed by atoms with Gasteiger partial charge in [0, 0.05) is 43.0 Å². The topological polar surface area (TPSA) is 56.1 Å². The molecule has 1 saturated heterocycles. The van der Waals surface area contributed by atoms with Crippen LogP contribution in [0.3, 0.4) is 0 Å². The Hall–Kier alpha value is -2.00. The number of hydrogen-bond acceptors (Lipinski definition) is 5. The van der Waals surface area contributed by atoms with Gasteiger partial charge in [0.05, 0.1) is 18.9 Å². The van der Waals surface area contributed by atoms with E-state index in [4.69, 9.17) is 4.74 Å². The lowest BCUT2D eigenvalue weighted by atomic mass is 10.0. The second kappa shape index (κ2) is 7.30. The lowest BCUT2D eigenvalue weighted by Gasteiger charge is -2.33. The first kappa shape index (κ1) is 19.9. The third-order valence-corrected chi connectivity index (χ3v) is 6.75. The van der Waals surface area contributed by atoms with Gasteiger partial charge >= 0.3 is 6.18 Å². The summed E-state index contributed by atoms with van der Waals surface area (Å²) in [6.45, 7) is 7.76. The highest BCUT2D eigenvalue weighted by Crippen LogP contribution is 2.64. The van der Waals surface area contributed by atoms with Crippen molar-refractivity contribution in [3.05, 3.63) is 29.8 Å². The fourth-order valence-corrected chi connectivity index (χ4v) is 5.33. The van der Waals surface area contributed by atoms with Gasteiger partial charge < -0.3 is 4.74 Å². The molecule has 162 valence electrons. The van der Waals surface area contributed by atoms with Gasteiger partial charge in [-0.15, -0.1) is 0 Å². The van der Waals surface area contributed by atoms with Crippen LogP contribution in [0.5, 0.6) is 0 Å². The molecule has 5 rings (SSSR count). The van der Waals surface area contributed by atoms with Crippen LogP contribution in [0.4, 0.5) is 13.2 Å². The number of alkyl halides is 3. The van der Waals surface area contributed by atoms with Gasteiger partial charge in [0.2, 0.25) is 5.82 Å². The average molecular weight is 421 g/mol. The van der Waals surface area contributed by atoms with Crippen LogP contribution in [0, 0.1) is 11.8 Å². The molecule has 0 bridgehead atoms. The van der Waals surface area contributed by atoms with Crippen LogP contribution in [-0.4, -0.2) is 57.0 Å². The standard InChI is InChI=1S/C21H26F3N5O/c1-12(2)29-18(11-17(27-29)16-3-4-25-20(26-16)21(22,23)24)19-14-9-13(10-15(14)19)28-5-7-30-8-6-28/h3-4,11-15,19H,5-10H2,1-2H3/t13?,14-,15+,19?. The van der Waals surface area contributed by atoms with E-state index >= 15 is 0 Å². The molecule has 6 nitrogen and oxygen atoms in total. The van der Waals surface area contributed by atoms with Crippen LogP contribution in [-0.2, 0) is 10.9 Å². The number of hydrogen-bond donors (Lipinski definition) is 0. The van der Waals surface area contributed by atoms with Crippen molar-refractivity contribution in [3.63, 3.8) is 0 Å². The summed E-state index contributed by atoms with van der Waals surface area (Å²) in [4.78, 5) is 9.64. The molecule has 9 heteroatoms. The van der Waals surface area contributed by atoms with Crippen LogP contribution >= 0.6 is 0 Å². The van der Waals surface area contributed by atoms with E-state index in [9.17, 15) is 13.2 Å². The Morgan fingerprint density at radius 1 is 1.10 bits per heavy atom. The van der Waals surface area contributed by atoms with Gasteiger partial charge in [-0.05, 0) is 50.7 Å². The van der Waals surface area contributed by atoms with E-state index < -0.39 is 12.0 Å². The normalized spacial score (nSPS) is 29.4. The number of ether oxygens (including phenoxy) is 1. The molecule has 2 unspecified atom stereocenters. The number of aromatic nitrogens is 4. The van der Waals surface area contributed by atoms with Crippen LogP contribution in [0.1, 0.15) is 50.2 Å². The monoisotopic (exact) mass is 421 g/mol. The summed E-state index contributed by atoms with van der Waals surface area (Å²) in [5.74, 6) is 0.583. The quantitative estimate of drug-likeness (QED) is 0.752. The second-order valence-corrected chi connectivity index (χ2v) is 8.88. The molecule has 0 aromatic carbocycles. The molecule has 2 aromatic heterocycles. The maximum atomic E-state index is 13.0. The fraction of sp³-hybridized carbons (Fsp3) is 0.667. The molecule has 2 saturated carbocycles. The van der Waals surface area contributed by atoms with Gasteiger partial charge in [-0.3, -0.25) is 9.58 Å². The first-order chi connectivity index (χ1) is 14.3. The zero-order valence-electron chi connectivity index (χ0n) is 17.1. The number of halogens is 3. The summed E-state index contributed by atoms with van der Waals surface area (Å²) < 4.78 is 46.5. The minimum Gasteiger partial charge on any atom is -0.379 e. The van der Waals surface area contributed by atoms with Crippen molar-refractivity contribution in [1.82, 2.24) is 24.6 Å². The molecule has 0 amide bonds. The molecular formula is C21H26F3N5O. The molecule has 1 aliphatic heterocycles. The molecule has 0 spiro atoms. The summed E-state index contributed by atoms with van der Waals surface area (Å²) in [6.07, 6.45) is -1.06. The summed E-state index contributed by atoms with van der Waals surface area (Å²) in [7, 11) is 0. The SMILES string of the molecule is CC(C)n1nc(-c2ccnc(C(F)(F)F)n2)cc1C1[C@H]2CC(N3CCOCC3)C[C@@H]12. The van der Waals surface area contributed by atoms with Crippen molar-refractivity contribution in [1.29, 1.82) is 0 Å².